The van der Waals surface area contributed by atoms with Crippen LogP contribution >= 0.6 is 15.9 Å². The van der Waals surface area contributed by atoms with Crippen molar-refractivity contribution in [3.05, 3.63) is 33.5 Å². The number of hydrogen-bond acceptors (Lipinski definition) is 2. The Morgan fingerprint density at radius 1 is 1.62 bits per heavy atom. The van der Waals surface area contributed by atoms with Gasteiger partial charge in [-0.25, -0.2) is 4.39 Å². The molecule has 0 aliphatic heterocycles. The highest BCUT2D eigenvalue weighted by molar-refractivity contribution is 9.10. The summed E-state index contributed by atoms with van der Waals surface area (Å²) in [6, 6.07) is 4.25. The molecule has 1 rings (SSSR count). The molecule has 0 aliphatic rings. The van der Waals surface area contributed by atoms with E-state index in [9.17, 15) is 9.18 Å². The summed E-state index contributed by atoms with van der Waals surface area (Å²) in [6.45, 7) is 1.27. The summed E-state index contributed by atoms with van der Waals surface area (Å²) in [5.41, 5.74) is 0.174. The topological polar surface area (TPSA) is 40.9 Å². The molecule has 0 amide bonds. The summed E-state index contributed by atoms with van der Waals surface area (Å²) >= 11 is 3.03. The number of rotatable bonds is 1. The van der Waals surface area contributed by atoms with Crippen molar-refractivity contribution < 1.29 is 9.18 Å². The number of carbonyl (C=O) groups is 1. The molecular formula is C9H5BrFNO. The summed E-state index contributed by atoms with van der Waals surface area (Å²) < 4.78 is 13.5. The zero-order valence-corrected chi connectivity index (χ0v) is 8.35. The fraction of sp³-hybridized carbons (Fsp3) is 0.111. The third-order valence-corrected chi connectivity index (χ3v) is 2.15. The SMILES string of the molecule is CC(=O)c1c(F)cc(C#N)cc1Br. The van der Waals surface area contributed by atoms with Gasteiger partial charge in [-0.05, 0) is 35.0 Å². The molecule has 0 N–H and O–H groups in total. The van der Waals surface area contributed by atoms with Gasteiger partial charge in [-0.2, -0.15) is 5.26 Å². The number of halogens is 2. The van der Waals surface area contributed by atoms with Crippen molar-refractivity contribution in [1.82, 2.24) is 0 Å². The Labute approximate surface area is 83.1 Å². The minimum absolute atomic E-state index is 0.0148. The lowest BCUT2D eigenvalue weighted by atomic mass is 10.1. The van der Waals surface area contributed by atoms with Gasteiger partial charge in [0.15, 0.2) is 5.78 Å². The minimum Gasteiger partial charge on any atom is -0.294 e. The fourth-order valence-corrected chi connectivity index (χ4v) is 1.69. The smallest absolute Gasteiger partial charge is 0.163 e. The second-order valence-electron chi connectivity index (χ2n) is 2.48. The van der Waals surface area contributed by atoms with Crippen LogP contribution in [0.15, 0.2) is 16.6 Å². The summed E-state index contributed by atoms with van der Waals surface area (Å²) in [6.07, 6.45) is 0. The molecule has 0 atom stereocenters. The maximum absolute atomic E-state index is 13.1. The van der Waals surface area contributed by atoms with E-state index in [1.54, 1.807) is 6.07 Å². The Morgan fingerprint density at radius 3 is 2.62 bits per heavy atom. The highest BCUT2D eigenvalue weighted by atomic mass is 79.9. The molecular weight excluding hydrogens is 237 g/mol. The number of ketones is 1. The quantitative estimate of drug-likeness (QED) is 0.710. The molecule has 0 bridgehead atoms. The summed E-state index contributed by atoms with van der Waals surface area (Å²) in [5.74, 6) is -1.03. The van der Waals surface area contributed by atoms with E-state index in [1.165, 1.54) is 13.0 Å². The van der Waals surface area contributed by atoms with Crippen LogP contribution in [-0.4, -0.2) is 5.78 Å². The molecule has 0 radical (unpaired) electrons. The van der Waals surface area contributed by atoms with E-state index in [0.29, 0.717) is 4.47 Å². The lowest BCUT2D eigenvalue weighted by molar-refractivity contribution is 0.101. The highest BCUT2D eigenvalue weighted by Gasteiger charge is 2.12. The maximum atomic E-state index is 13.1. The van der Waals surface area contributed by atoms with Gasteiger partial charge in [0.2, 0.25) is 0 Å². The fourth-order valence-electron chi connectivity index (χ4n) is 0.974. The van der Waals surface area contributed by atoms with Crippen molar-refractivity contribution in [3.63, 3.8) is 0 Å². The van der Waals surface area contributed by atoms with Crippen molar-refractivity contribution in [1.29, 1.82) is 5.26 Å². The second kappa shape index (κ2) is 3.67. The molecule has 4 heteroatoms. The third-order valence-electron chi connectivity index (χ3n) is 1.52. The van der Waals surface area contributed by atoms with Gasteiger partial charge in [-0.3, -0.25) is 4.79 Å². The zero-order chi connectivity index (χ0) is 10.0. The predicted octanol–water partition coefficient (Wildman–Crippen LogP) is 2.66. The molecule has 0 aromatic heterocycles. The van der Waals surface area contributed by atoms with Crippen LogP contribution in [0.1, 0.15) is 22.8 Å². The molecule has 0 spiro atoms. The number of nitrogens with zero attached hydrogens (tertiary/aromatic N) is 1. The molecule has 0 saturated carbocycles. The summed E-state index contributed by atoms with van der Waals surface area (Å²) in [7, 11) is 0. The number of Topliss-reactive ketones (excluding diaryl/α,β-unsaturated/α-hetero) is 1. The Hall–Kier alpha value is -1.21. The average molecular weight is 242 g/mol. The minimum atomic E-state index is -0.668. The van der Waals surface area contributed by atoms with Crippen LogP contribution in [0.2, 0.25) is 0 Å². The molecule has 0 unspecified atom stereocenters. The molecule has 0 aliphatic carbocycles. The van der Waals surface area contributed by atoms with Crippen molar-refractivity contribution in [2.24, 2.45) is 0 Å². The van der Waals surface area contributed by atoms with E-state index < -0.39 is 5.82 Å². The van der Waals surface area contributed by atoms with Crippen molar-refractivity contribution in [3.8, 4) is 6.07 Å². The Kier molecular flexibility index (Phi) is 2.79. The van der Waals surface area contributed by atoms with Gasteiger partial charge in [-0.1, -0.05) is 0 Å². The van der Waals surface area contributed by atoms with Crippen molar-refractivity contribution >= 4 is 21.7 Å². The highest BCUT2D eigenvalue weighted by Crippen LogP contribution is 2.22. The number of hydrogen-bond donors (Lipinski definition) is 0. The first kappa shape index (κ1) is 9.87. The van der Waals surface area contributed by atoms with E-state index in [0.717, 1.165) is 6.07 Å². The van der Waals surface area contributed by atoms with E-state index in [4.69, 9.17) is 5.26 Å². The Bertz CT molecular complexity index is 386. The van der Waals surface area contributed by atoms with Crippen LogP contribution in [0.4, 0.5) is 4.39 Å². The number of carbonyl (C=O) groups excluding carboxylic acids is 1. The number of benzene rings is 1. The predicted molar refractivity (Wildman–Crippen MR) is 48.8 cm³/mol. The maximum Gasteiger partial charge on any atom is 0.163 e. The third kappa shape index (κ3) is 1.93. The molecule has 13 heavy (non-hydrogen) atoms. The van der Waals surface area contributed by atoms with E-state index >= 15 is 0 Å². The molecule has 1 aromatic carbocycles. The molecule has 0 saturated heterocycles. The van der Waals surface area contributed by atoms with Crippen LogP contribution in [0.3, 0.4) is 0 Å². The molecule has 1 aromatic rings. The van der Waals surface area contributed by atoms with Gasteiger partial charge in [0, 0.05) is 4.47 Å². The second-order valence-corrected chi connectivity index (χ2v) is 3.34. The van der Waals surface area contributed by atoms with Crippen molar-refractivity contribution in [2.75, 3.05) is 0 Å². The molecule has 0 fully saturated rings. The van der Waals surface area contributed by atoms with Gasteiger partial charge in [0.25, 0.3) is 0 Å². The lowest BCUT2D eigenvalue weighted by Gasteiger charge is -2.01. The Morgan fingerprint density at radius 2 is 2.23 bits per heavy atom. The summed E-state index contributed by atoms with van der Waals surface area (Å²) in [5, 5.41) is 8.49. The van der Waals surface area contributed by atoms with Crippen LogP contribution < -0.4 is 0 Å². The first-order valence-electron chi connectivity index (χ1n) is 3.46. The van der Waals surface area contributed by atoms with Gasteiger partial charge in [0.1, 0.15) is 5.82 Å². The van der Waals surface area contributed by atoms with E-state index in [-0.39, 0.29) is 16.9 Å². The van der Waals surface area contributed by atoms with Crippen LogP contribution in [-0.2, 0) is 0 Å². The van der Waals surface area contributed by atoms with Crippen LogP contribution in [0, 0.1) is 17.1 Å². The molecule has 2 nitrogen and oxygen atoms in total. The monoisotopic (exact) mass is 241 g/mol. The van der Waals surface area contributed by atoms with Gasteiger partial charge >= 0.3 is 0 Å². The molecule has 0 heterocycles. The lowest BCUT2D eigenvalue weighted by Crippen LogP contribution is -1.99. The van der Waals surface area contributed by atoms with Crippen LogP contribution in [0.25, 0.3) is 0 Å². The molecule has 66 valence electrons. The average Bonchev–Trinajstić information content (AvgIpc) is 2.02. The van der Waals surface area contributed by atoms with E-state index in [1.807, 2.05) is 0 Å². The van der Waals surface area contributed by atoms with Gasteiger partial charge in [0.05, 0.1) is 17.2 Å². The number of nitriles is 1. The van der Waals surface area contributed by atoms with Crippen LogP contribution in [0.5, 0.6) is 0 Å². The normalized spacial score (nSPS) is 9.38. The van der Waals surface area contributed by atoms with Crippen molar-refractivity contribution in [2.45, 2.75) is 6.92 Å². The van der Waals surface area contributed by atoms with Gasteiger partial charge in [-0.15, -0.1) is 0 Å². The van der Waals surface area contributed by atoms with E-state index in [2.05, 4.69) is 15.9 Å². The largest absolute Gasteiger partial charge is 0.294 e. The Balaban J connectivity index is 3.42. The first-order chi connectivity index (χ1) is 6.06. The summed E-state index contributed by atoms with van der Waals surface area (Å²) in [4.78, 5) is 10.9. The first-order valence-corrected chi connectivity index (χ1v) is 4.25. The van der Waals surface area contributed by atoms with Gasteiger partial charge < -0.3 is 0 Å². The standard InChI is InChI=1S/C9H5BrFNO/c1-5(13)9-7(10)2-6(4-12)3-8(9)11/h2-3H,1H3. The zero-order valence-electron chi connectivity index (χ0n) is 6.77.